The van der Waals surface area contributed by atoms with Crippen LogP contribution in [0, 0.1) is 0 Å². The van der Waals surface area contributed by atoms with E-state index >= 15 is 0 Å². The first-order chi connectivity index (χ1) is 8.74. The van der Waals surface area contributed by atoms with Gasteiger partial charge in [0.2, 0.25) is 0 Å². The van der Waals surface area contributed by atoms with Gasteiger partial charge in [-0.3, -0.25) is 4.99 Å². The minimum Gasteiger partial charge on any atom is -0.256 e. The number of rotatable bonds is 0. The molecule has 0 amide bonds. The van der Waals surface area contributed by atoms with Crippen LogP contribution in [-0.2, 0) is 6.42 Å². The third-order valence-corrected chi connectivity index (χ3v) is 3.94. The highest BCUT2D eigenvalue weighted by Gasteiger charge is 2.15. The second-order valence-electron chi connectivity index (χ2n) is 4.77. The predicted octanol–water partition coefficient (Wildman–Crippen LogP) is 4.86. The van der Waals surface area contributed by atoms with Gasteiger partial charge in [-0.05, 0) is 41.2 Å². The standard InChI is InChI=1S/C16H14BrN/c1-11-8-12-4-2-3-5-13(12)10-18-16-9-14(17)6-7-15(11)16/h2-7,9-11H,8H2,1H3. The summed E-state index contributed by atoms with van der Waals surface area (Å²) in [5.74, 6) is 0.492. The molecule has 0 radical (unpaired) electrons. The Kier molecular flexibility index (Phi) is 3.04. The van der Waals surface area contributed by atoms with E-state index in [1.54, 1.807) is 0 Å². The smallest absolute Gasteiger partial charge is 0.0675 e. The van der Waals surface area contributed by atoms with Crippen LogP contribution in [0.3, 0.4) is 0 Å². The number of hydrogen-bond acceptors (Lipinski definition) is 1. The van der Waals surface area contributed by atoms with E-state index in [4.69, 9.17) is 0 Å². The number of fused-ring (bicyclic) bond motifs is 2. The van der Waals surface area contributed by atoms with E-state index in [-0.39, 0.29) is 0 Å². The minimum absolute atomic E-state index is 0.492. The van der Waals surface area contributed by atoms with Gasteiger partial charge < -0.3 is 0 Å². The summed E-state index contributed by atoms with van der Waals surface area (Å²) in [7, 11) is 0. The molecule has 1 nitrogen and oxygen atoms in total. The zero-order valence-corrected chi connectivity index (χ0v) is 11.8. The van der Waals surface area contributed by atoms with Gasteiger partial charge >= 0.3 is 0 Å². The Morgan fingerprint density at radius 2 is 2.00 bits per heavy atom. The molecule has 0 fully saturated rings. The van der Waals surface area contributed by atoms with E-state index in [2.05, 4.69) is 70.3 Å². The molecule has 1 unspecified atom stereocenters. The van der Waals surface area contributed by atoms with Crippen LogP contribution in [0.5, 0.6) is 0 Å². The van der Waals surface area contributed by atoms with Crippen LogP contribution in [0.2, 0.25) is 0 Å². The molecule has 1 aliphatic heterocycles. The van der Waals surface area contributed by atoms with Gasteiger partial charge in [0, 0.05) is 10.7 Å². The van der Waals surface area contributed by atoms with Gasteiger partial charge in [-0.25, -0.2) is 0 Å². The van der Waals surface area contributed by atoms with Gasteiger partial charge in [0.1, 0.15) is 0 Å². The number of hydrogen-bond donors (Lipinski definition) is 0. The molecule has 2 aromatic rings. The molecule has 3 rings (SSSR count). The first-order valence-corrected chi connectivity index (χ1v) is 6.95. The highest BCUT2D eigenvalue weighted by atomic mass is 79.9. The first kappa shape index (κ1) is 11.7. The molecule has 18 heavy (non-hydrogen) atoms. The van der Waals surface area contributed by atoms with E-state index in [1.165, 1.54) is 16.7 Å². The minimum atomic E-state index is 0.492. The van der Waals surface area contributed by atoms with Crippen molar-refractivity contribution in [3.8, 4) is 0 Å². The molecule has 1 heterocycles. The Labute approximate surface area is 116 Å². The molecule has 0 saturated carbocycles. The zero-order valence-electron chi connectivity index (χ0n) is 10.2. The molecule has 0 aromatic heterocycles. The molecule has 2 aromatic carbocycles. The monoisotopic (exact) mass is 299 g/mol. The maximum atomic E-state index is 4.64. The molecule has 0 bridgehead atoms. The summed E-state index contributed by atoms with van der Waals surface area (Å²) in [6.45, 7) is 2.27. The van der Waals surface area contributed by atoms with Crippen LogP contribution >= 0.6 is 15.9 Å². The Hall–Kier alpha value is -1.41. The third-order valence-electron chi connectivity index (χ3n) is 3.45. The Bertz CT molecular complexity index is 616. The van der Waals surface area contributed by atoms with Gasteiger partial charge in [-0.1, -0.05) is 53.2 Å². The SMILES string of the molecule is CC1Cc2ccccc2C=Nc2cc(Br)ccc21. The summed E-state index contributed by atoms with van der Waals surface area (Å²) < 4.78 is 1.08. The Balaban J connectivity index is 2.16. The Morgan fingerprint density at radius 3 is 2.89 bits per heavy atom. The van der Waals surface area contributed by atoms with Crippen molar-refractivity contribution in [2.45, 2.75) is 19.3 Å². The number of nitrogens with zero attached hydrogens (tertiary/aromatic N) is 1. The molecule has 0 saturated heterocycles. The van der Waals surface area contributed by atoms with Crippen LogP contribution in [0.4, 0.5) is 5.69 Å². The molecule has 0 aliphatic carbocycles. The van der Waals surface area contributed by atoms with E-state index in [0.29, 0.717) is 5.92 Å². The molecular formula is C16H14BrN. The van der Waals surface area contributed by atoms with Crippen molar-refractivity contribution in [2.24, 2.45) is 4.99 Å². The molecule has 2 heteroatoms. The maximum Gasteiger partial charge on any atom is 0.0675 e. The van der Waals surface area contributed by atoms with E-state index in [1.807, 2.05) is 6.21 Å². The van der Waals surface area contributed by atoms with E-state index in [0.717, 1.165) is 16.6 Å². The van der Waals surface area contributed by atoms with Crippen molar-refractivity contribution in [1.82, 2.24) is 0 Å². The van der Waals surface area contributed by atoms with Crippen LogP contribution in [0.1, 0.15) is 29.5 Å². The zero-order chi connectivity index (χ0) is 12.5. The van der Waals surface area contributed by atoms with Crippen LogP contribution < -0.4 is 0 Å². The van der Waals surface area contributed by atoms with Crippen LogP contribution in [-0.4, -0.2) is 6.21 Å². The number of benzene rings is 2. The average Bonchev–Trinajstić information content (AvgIpc) is 2.36. The summed E-state index contributed by atoms with van der Waals surface area (Å²) in [4.78, 5) is 4.64. The predicted molar refractivity (Wildman–Crippen MR) is 80.0 cm³/mol. The maximum absolute atomic E-state index is 4.64. The van der Waals surface area contributed by atoms with Gasteiger partial charge in [0.15, 0.2) is 0 Å². The lowest BCUT2D eigenvalue weighted by molar-refractivity contribution is 0.757. The largest absolute Gasteiger partial charge is 0.256 e. The van der Waals surface area contributed by atoms with Crippen molar-refractivity contribution in [1.29, 1.82) is 0 Å². The molecule has 0 spiro atoms. The Morgan fingerprint density at radius 1 is 1.17 bits per heavy atom. The topological polar surface area (TPSA) is 12.4 Å². The summed E-state index contributed by atoms with van der Waals surface area (Å²) in [5.41, 5.74) is 5.01. The van der Waals surface area contributed by atoms with Gasteiger partial charge in [-0.15, -0.1) is 0 Å². The van der Waals surface area contributed by atoms with Gasteiger partial charge in [0.05, 0.1) is 5.69 Å². The fourth-order valence-electron chi connectivity index (χ4n) is 2.47. The lowest BCUT2D eigenvalue weighted by atomic mass is 9.89. The van der Waals surface area contributed by atoms with Crippen molar-refractivity contribution in [3.63, 3.8) is 0 Å². The highest BCUT2D eigenvalue weighted by molar-refractivity contribution is 9.10. The fraction of sp³-hybridized carbons (Fsp3) is 0.188. The summed E-state index contributed by atoms with van der Waals surface area (Å²) in [6.07, 6.45) is 3.04. The van der Waals surface area contributed by atoms with Crippen LogP contribution in [0.25, 0.3) is 0 Å². The third kappa shape index (κ3) is 2.13. The van der Waals surface area contributed by atoms with Crippen molar-refractivity contribution >= 4 is 27.8 Å². The number of aliphatic imine (C=N–C) groups is 1. The summed E-state index contributed by atoms with van der Waals surface area (Å²) in [6, 6.07) is 14.9. The fourth-order valence-corrected chi connectivity index (χ4v) is 2.82. The summed E-state index contributed by atoms with van der Waals surface area (Å²) in [5, 5.41) is 0. The number of halogens is 1. The van der Waals surface area contributed by atoms with Crippen LogP contribution in [0.15, 0.2) is 51.9 Å². The lowest BCUT2D eigenvalue weighted by Crippen LogP contribution is -2.04. The molecular weight excluding hydrogens is 286 g/mol. The average molecular weight is 300 g/mol. The normalized spacial score (nSPS) is 17.6. The molecule has 1 aliphatic rings. The highest BCUT2D eigenvalue weighted by Crippen LogP contribution is 2.33. The second-order valence-corrected chi connectivity index (χ2v) is 5.68. The van der Waals surface area contributed by atoms with E-state index < -0.39 is 0 Å². The first-order valence-electron chi connectivity index (χ1n) is 6.15. The molecule has 1 atom stereocenters. The van der Waals surface area contributed by atoms with E-state index in [9.17, 15) is 0 Å². The lowest BCUT2D eigenvalue weighted by Gasteiger charge is -2.18. The second kappa shape index (κ2) is 4.69. The van der Waals surface area contributed by atoms with Crippen molar-refractivity contribution in [2.75, 3.05) is 0 Å². The van der Waals surface area contributed by atoms with Crippen molar-refractivity contribution in [3.05, 3.63) is 63.6 Å². The molecule has 90 valence electrons. The van der Waals surface area contributed by atoms with Gasteiger partial charge in [0.25, 0.3) is 0 Å². The quantitative estimate of drug-likeness (QED) is 0.659. The van der Waals surface area contributed by atoms with Crippen molar-refractivity contribution < 1.29 is 0 Å². The molecule has 0 N–H and O–H groups in total. The van der Waals surface area contributed by atoms with Gasteiger partial charge in [-0.2, -0.15) is 0 Å². The summed E-state index contributed by atoms with van der Waals surface area (Å²) >= 11 is 3.51.